The summed E-state index contributed by atoms with van der Waals surface area (Å²) in [5, 5.41) is 0. The molecular weight excluding hydrogens is 302 g/mol. The van der Waals surface area contributed by atoms with E-state index in [1.165, 1.54) is 64.2 Å². The molecular formula is C20H39NO3. The summed E-state index contributed by atoms with van der Waals surface area (Å²) in [6, 6.07) is 0. The minimum Gasteiger partial charge on any atom is -0.356 e. The summed E-state index contributed by atoms with van der Waals surface area (Å²) < 4.78 is 11.0. The lowest BCUT2D eigenvalue weighted by molar-refractivity contribution is -0.140. The molecule has 0 N–H and O–H groups in total. The lowest BCUT2D eigenvalue weighted by Crippen LogP contribution is -2.25. The minimum absolute atomic E-state index is 0.0789. The zero-order valence-electron chi connectivity index (χ0n) is 16.2. The minimum atomic E-state index is -0.0789. The van der Waals surface area contributed by atoms with E-state index >= 15 is 0 Å². The van der Waals surface area contributed by atoms with Crippen molar-refractivity contribution < 1.29 is 14.3 Å². The van der Waals surface area contributed by atoms with E-state index in [0.29, 0.717) is 12.5 Å². The van der Waals surface area contributed by atoms with Gasteiger partial charge in [-0.1, -0.05) is 71.1 Å². The van der Waals surface area contributed by atoms with Gasteiger partial charge in [0.25, 0.3) is 0 Å². The van der Waals surface area contributed by atoms with Crippen molar-refractivity contribution in [2.24, 2.45) is 10.9 Å². The van der Waals surface area contributed by atoms with Crippen LogP contribution in [0.4, 0.5) is 0 Å². The number of unbranched alkanes of at least 4 members (excludes halogenated alkanes) is 9. The van der Waals surface area contributed by atoms with Crippen LogP contribution in [0.25, 0.3) is 0 Å². The fourth-order valence-electron chi connectivity index (χ4n) is 3.26. The van der Waals surface area contributed by atoms with Crippen LogP contribution >= 0.6 is 0 Å². The van der Waals surface area contributed by atoms with Gasteiger partial charge in [-0.25, -0.2) is 9.79 Å². The molecule has 0 aliphatic rings. The predicted octanol–water partition coefficient (Wildman–Crippen LogP) is 5.65. The number of carbonyl (C=O) groups excluding carboxylic acids is 1. The van der Waals surface area contributed by atoms with E-state index in [1.807, 2.05) is 0 Å². The van der Waals surface area contributed by atoms with Gasteiger partial charge in [-0.3, -0.25) is 0 Å². The molecule has 0 saturated carbocycles. The molecule has 142 valence electrons. The normalized spacial score (nSPS) is 12.3. The summed E-state index contributed by atoms with van der Waals surface area (Å²) in [7, 11) is 3.48. The van der Waals surface area contributed by atoms with E-state index in [9.17, 15) is 4.79 Å². The SMILES string of the molecule is CCCCCCCCCC(CCCCCCN=C=O)C(OC)OC. The van der Waals surface area contributed by atoms with Gasteiger partial charge in [0.2, 0.25) is 6.08 Å². The predicted molar refractivity (Wildman–Crippen MR) is 100.0 cm³/mol. The zero-order chi connectivity index (χ0) is 17.9. The monoisotopic (exact) mass is 341 g/mol. The largest absolute Gasteiger partial charge is 0.356 e. The molecule has 0 aliphatic carbocycles. The average molecular weight is 342 g/mol. The molecule has 0 saturated heterocycles. The summed E-state index contributed by atoms with van der Waals surface area (Å²) in [6.07, 6.45) is 17.7. The van der Waals surface area contributed by atoms with Crippen molar-refractivity contribution in [2.45, 2.75) is 96.7 Å². The number of hydrogen-bond donors (Lipinski definition) is 0. The van der Waals surface area contributed by atoms with E-state index in [4.69, 9.17) is 9.47 Å². The van der Waals surface area contributed by atoms with Crippen molar-refractivity contribution in [2.75, 3.05) is 20.8 Å². The first kappa shape index (κ1) is 23.3. The zero-order valence-corrected chi connectivity index (χ0v) is 16.2. The second-order valence-corrected chi connectivity index (χ2v) is 6.69. The Labute approximate surface area is 149 Å². The summed E-state index contributed by atoms with van der Waals surface area (Å²) in [6.45, 7) is 2.87. The first-order chi connectivity index (χ1) is 11.8. The third-order valence-electron chi connectivity index (χ3n) is 4.69. The Morgan fingerprint density at radius 2 is 1.29 bits per heavy atom. The third-order valence-corrected chi connectivity index (χ3v) is 4.69. The van der Waals surface area contributed by atoms with Gasteiger partial charge in [-0.15, -0.1) is 0 Å². The van der Waals surface area contributed by atoms with E-state index in [-0.39, 0.29) is 6.29 Å². The van der Waals surface area contributed by atoms with Crippen molar-refractivity contribution in [1.82, 2.24) is 0 Å². The Morgan fingerprint density at radius 3 is 1.79 bits per heavy atom. The van der Waals surface area contributed by atoms with Crippen molar-refractivity contribution in [3.8, 4) is 0 Å². The van der Waals surface area contributed by atoms with Crippen LogP contribution < -0.4 is 0 Å². The van der Waals surface area contributed by atoms with Crippen molar-refractivity contribution in [3.05, 3.63) is 0 Å². The van der Waals surface area contributed by atoms with E-state index in [2.05, 4.69) is 11.9 Å². The average Bonchev–Trinajstić information content (AvgIpc) is 2.60. The lowest BCUT2D eigenvalue weighted by atomic mass is 9.93. The highest BCUT2D eigenvalue weighted by Crippen LogP contribution is 2.24. The van der Waals surface area contributed by atoms with Crippen LogP contribution in [0, 0.1) is 5.92 Å². The summed E-state index contributed by atoms with van der Waals surface area (Å²) in [5.74, 6) is 0.489. The standard InChI is InChI=1S/C20H39NO3/c1-4-5-6-7-8-9-12-15-19(20(23-2)24-3)16-13-10-11-14-17-21-18-22/h19-20H,4-17H2,1-3H3. The maximum absolute atomic E-state index is 10.0. The van der Waals surface area contributed by atoms with Gasteiger partial charge in [0.1, 0.15) is 0 Å². The summed E-state index contributed by atoms with van der Waals surface area (Å²) >= 11 is 0. The highest BCUT2D eigenvalue weighted by Gasteiger charge is 2.20. The van der Waals surface area contributed by atoms with Crippen LogP contribution in [-0.2, 0) is 14.3 Å². The molecule has 0 aromatic heterocycles. The quantitative estimate of drug-likeness (QED) is 0.140. The third kappa shape index (κ3) is 13.7. The molecule has 24 heavy (non-hydrogen) atoms. The number of rotatable bonds is 18. The molecule has 4 heteroatoms. The second-order valence-electron chi connectivity index (χ2n) is 6.69. The Morgan fingerprint density at radius 1 is 0.792 bits per heavy atom. The lowest BCUT2D eigenvalue weighted by Gasteiger charge is -2.25. The summed E-state index contributed by atoms with van der Waals surface area (Å²) in [4.78, 5) is 13.6. The number of ether oxygens (including phenoxy) is 2. The molecule has 4 nitrogen and oxygen atoms in total. The maximum atomic E-state index is 10.0. The molecule has 0 radical (unpaired) electrons. The molecule has 0 aromatic rings. The Bertz CT molecular complexity index is 299. The molecule has 0 bridgehead atoms. The molecule has 0 heterocycles. The molecule has 1 atom stereocenters. The first-order valence-corrected chi connectivity index (χ1v) is 9.89. The Balaban J connectivity index is 3.87. The highest BCUT2D eigenvalue weighted by atomic mass is 16.7. The smallest absolute Gasteiger partial charge is 0.234 e. The van der Waals surface area contributed by atoms with Crippen LogP contribution in [0.1, 0.15) is 90.4 Å². The number of hydrogen-bond acceptors (Lipinski definition) is 4. The van der Waals surface area contributed by atoms with Crippen LogP contribution in [0.3, 0.4) is 0 Å². The molecule has 0 rings (SSSR count). The molecule has 1 unspecified atom stereocenters. The topological polar surface area (TPSA) is 47.9 Å². The van der Waals surface area contributed by atoms with Gasteiger partial charge in [-0.2, -0.15) is 0 Å². The van der Waals surface area contributed by atoms with Crippen LogP contribution in [0.15, 0.2) is 4.99 Å². The number of nitrogens with zero attached hydrogens (tertiary/aromatic N) is 1. The number of aliphatic imine (C=N–C) groups is 1. The van der Waals surface area contributed by atoms with Gasteiger partial charge in [0, 0.05) is 20.1 Å². The molecule has 0 spiro atoms. The molecule has 0 aromatic carbocycles. The molecule has 0 amide bonds. The maximum Gasteiger partial charge on any atom is 0.234 e. The van der Waals surface area contributed by atoms with Crippen LogP contribution in [-0.4, -0.2) is 33.1 Å². The fourth-order valence-corrected chi connectivity index (χ4v) is 3.26. The highest BCUT2D eigenvalue weighted by molar-refractivity contribution is 5.32. The van der Waals surface area contributed by atoms with E-state index < -0.39 is 0 Å². The van der Waals surface area contributed by atoms with Gasteiger partial charge < -0.3 is 9.47 Å². The number of isocyanates is 1. The Hall–Kier alpha value is -0.700. The first-order valence-electron chi connectivity index (χ1n) is 9.89. The summed E-state index contributed by atoms with van der Waals surface area (Å²) in [5.41, 5.74) is 0. The van der Waals surface area contributed by atoms with Gasteiger partial charge in [0.05, 0.1) is 6.54 Å². The van der Waals surface area contributed by atoms with Crippen LogP contribution in [0.5, 0.6) is 0 Å². The fraction of sp³-hybridized carbons (Fsp3) is 0.950. The second kappa shape index (κ2) is 18.6. The van der Waals surface area contributed by atoms with Crippen molar-refractivity contribution >= 4 is 6.08 Å². The van der Waals surface area contributed by atoms with Gasteiger partial charge in [0.15, 0.2) is 6.29 Å². The van der Waals surface area contributed by atoms with Gasteiger partial charge >= 0.3 is 0 Å². The molecule has 0 fully saturated rings. The van der Waals surface area contributed by atoms with Crippen molar-refractivity contribution in [3.63, 3.8) is 0 Å². The van der Waals surface area contributed by atoms with Crippen molar-refractivity contribution in [1.29, 1.82) is 0 Å². The van der Waals surface area contributed by atoms with Crippen LogP contribution in [0.2, 0.25) is 0 Å². The molecule has 0 aliphatic heterocycles. The van der Waals surface area contributed by atoms with Gasteiger partial charge in [-0.05, 0) is 19.3 Å². The Kier molecular flexibility index (Phi) is 18.1. The van der Waals surface area contributed by atoms with E-state index in [1.54, 1.807) is 20.3 Å². The van der Waals surface area contributed by atoms with E-state index in [0.717, 1.165) is 19.3 Å². The number of methoxy groups -OCH3 is 2.